The molecule has 1 aliphatic rings. The van der Waals surface area contributed by atoms with Crippen LogP contribution in [0.3, 0.4) is 0 Å². The van der Waals surface area contributed by atoms with Crippen LogP contribution in [-0.2, 0) is 0 Å². The van der Waals surface area contributed by atoms with Crippen molar-refractivity contribution in [1.82, 2.24) is 10.4 Å². The Labute approximate surface area is 107 Å². The molecule has 0 radical (unpaired) electrons. The van der Waals surface area contributed by atoms with E-state index in [1.165, 1.54) is 11.3 Å². The van der Waals surface area contributed by atoms with E-state index < -0.39 is 5.54 Å². The smallest absolute Gasteiger partial charge is 0.287 e. The minimum atomic E-state index is -0.508. The number of furan rings is 1. The van der Waals surface area contributed by atoms with Crippen molar-refractivity contribution in [2.24, 2.45) is 0 Å². The van der Waals surface area contributed by atoms with Crippen LogP contribution in [0.5, 0.6) is 0 Å². The van der Waals surface area contributed by atoms with Crippen LogP contribution in [0.25, 0.3) is 0 Å². The lowest BCUT2D eigenvalue weighted by Crippen LogP contribution is -2.53. The van der Waals surface area contributed by atoms with Crippen LogP contribution in [0.4, 0.5) is 0 Å². The molecule has 2 rings (SSSR count). The summed E-state index contributed by atoms with van der Waals surface area (Å²) in [5, 5.41) is 14.4. The molecule has 1 aromatic heterocycles. The fourth-order valence-corrected chi connectivity index (χ4v) is 2.63. The van der Waals surface area contributed by atoms with E-state index in [2.05, 4.69) is 5.32 Å². The van der Waals surface area contributed by atoms with E-state index in [-0.39, 0.29) is 17.5 Å². The molecule has 0 unspecified atom stereocenters. The van der Waals surface area contributed by atoms with Crippen LogP contribution in [0.15, 0.2) is 22.8 Å². The molecule has 1 amide bonds. The van der Waals surface area contributed by atoms with Gasteiger partial charge in [0.2, 0.25) is 0 Å². The average Bonchev–Trinajstić information content (AvgIpc) is 2.83. The van der Waals surface area contributed by atoms with Crippen LogP contribution in [0.2, 0.25) is 0 Å². The van der Waals surface area contributed by atoms with Gasteiger partial charge in [-0.1, -0.05) is 0 Å². The predicted octanol–water partition coefficient (Wildman–Crippen LogP) is 2.03. The van der Waals surface area contributed by atoms with Gasteiger partial charge in [-0.15, -0.1) is 0 Å². The summed E-state index contributed by atoms with van der Waals surface area (Å²) in [6.45, 7) is 7.73. The summed E-state index contributed by atoms with van der Waals surface area (Å²) in [5.41, 5.74) is -0.865. The molecule has 0 aromatic carbocycles. The number of amides is 1. The van der Waals surface area contributed by atoms with E-state index in [1.54, 1.807) is 12.1 Å². The van der Waals surface area contributed by atoms with Gasteiger partial charge in [-0.2, -0.15) is 5.06 Å². The summed E-state index contributed by atoms with van der Waals surface area (Å²) < 4.78 is 5.06. The van der Waals surface area contributed by atoms with Crippen molar-refractivity contribution >= 4 is 5.91 Å². The first-order chi connectivity index (χ1) is 8.25. The number of nitrogens with zero attached hydrogens (tertiary/aromatic N) is 1. The number of hydrogen-bond donors (Lipinski definition) is 2. The molecule has 1 atom stereocenters. The Hall–Kier alpha value is -1.33. The zero-order chi connectivity index (χ0) is 13.6. The number of rotatable bonds is 2. The Bertz CT molecular complexity index is 437. The van der Waals surface area contributed by atoms with Crippen molar-refractivity contribution in [2.45, 2.75) is 51.2 Å². The van der Waals surface area contributed by atoms with Crippen molar-refractivity contribution in [3.63, 3.8) is 0 Å². The molecule has 1 aliphatic heterocycles. The second-order valence-corrected chi connectivity index (χ2v) is 5.99. The Balaban J connectivity index is 2.13. The van der Waals surface area contributed by atoms with E-state index in [0.29, 0.717) is 12.2 Å². The van der Waals surface area contributed by atoms with Gasteiger partial charge in [0.05, 0.1) is 17.8 Å². The Morgan fingerprint density at radius 3 is 2.61 bits per heavy atom. The minimum Gasteiger partial charge on any atom is -0.459 e. The van der Waals surface area contributed by atoms with Gasteiger partial charge < -0.3 is 14.9 Å². The fourth-order valence-electron chi connectivity index (χ4n) is 2.63. The van der Waals surface area contributed by atoms with Crippen molar-refractivity contribution in [3.05, 3.63) is 24.2 Å². The third-order valence-corrected chi connectivity index (χ3v) is 3.73. The molecule has 0 spiro atoms. The van der Waals surface area contributed by atoms with E-state index in [4.69, 9.17) is 4.42 Å². The molecule has 1 saturated heterocycles. The summed E-state index contributed by atoms with van der Waals surface area (Å²) in [6.07, 6.45) is 2.15. The molecular weight excluding hydrogens is 232 g/mol. The van der Waals surface area contributed by atoms with Gasteiger partial charge in [0.1, 0.15) is 0 Å². The van der Waals surface area contributed by atoms with Crippen molar-refractivity contribution in [3.8, 4) is 0 Å². The molecule has 0 bridgehead atoms. The van der Waals surface area contributed by atoms with E-state index in [0.717, 1.165) is 0 Å². The highest BCUT2D eigenvalue weighted by molar-refractivity contribution is 5.91. The highest BCUT2D eigenvalue weighted by atomic mass is 16.5. The highest BCUT2D eigenvalue weighted by Crippen LogP contribution is 2.39. The van der Waals surface area contributed by atoms with Gasteiger partial charge in [-0.3, -0.25) is 4.79 Å². The summed E-state index contributed by atoms with van der Waals surface area (Å²) in [4.78, 5) is 12.0. The molecule has 18 heavy (non-hydrogen) atoms. The van der Waals surface area contributed by atoms with Gasteiger partial charge in [0.15, 0.2) is 5.76 Å². The Morgan fingerprint density at radius 1 is 1.50 bits per heavy atom. The Kier molecular flexibility index (Phi) is 2.99. The molecule has 2 heterocycles. The maximum Gasteiger partial charge on any atom is 0.287 e. The number of hydrogen-bond acceptors (Lipinski definition) is 4. The van der Waals surface area contributed by atoms with Crippen LogP contribution in [0, 0.1) is 0 Å². The third-order valence-electron chi connectivity index (χ3n) is 3.73. The predicted molar refractivity (Wildman–Crippen MR) is 66.4 cm³/mol. The third kappa shape index (κ3) is 2.04. The highest BCUT2D eigenvalue weighted by Gasteiger charge is 2.51. The molecule has 0 aliphatic carbocycles. The van der Waals surface area contributed by atoms with E-state index in [9.17, 15) is 10.0 Å². The maximum atomic E-state index is 12.0. The molecule has 2 N–H and O–H groups in total. The van der Waals surface area contributed by atoms with E-state index in [1.807, 2.05) is 27.7 Å². The summed E-state index contributed by atoms with van der Waals surface area (Å²) in [5.74, 6) is 0.0455. The first kappa shape index (κ1) is 13.1. The molecule has 5 heteroatoms. The minimum absolute atomic E-state index is 0.130. The topological polar surface area (TPSA) is 65.7 Å². The van der Waals surface area contributed by atoms with Gasteiger partial charge in [-0.05, 0) is 46.2 Å². The van der Waals surface area contributed by atoms with Crippen LogP contribution >= 0.6 is 0 Å². The molecule has 100 valence electrons. The zero-order valence-corrected chi connectivity index (χ0v) is 11.2. The summed E-state index contributed by atoms with van der Waals surface area (Å²) in [6, 6.07) is 3.17. The Morgan fingerprint density at radius 2 is 2.17 bits per heavy atom. The second-order valence-electron chi connectivity index (χ2n) is 5.99. The molecule has 5 nitrogen and oxygen atoms in total. The quantitative estimate of drug-likeness (QED) is 0.845. The van der Waals surface area contributed by atoms with Crippen LogP contribution < -0.4 is 5.32 Å². The monoisotopic (exact) mass is 252 g/mol. The number of carbonyl (C=O) groups is 1. The normalized spacial score (nSPS) is 26.2. The summed E-state index contributed by atoms with van der Waals surface area (Å²) in [7, 11) is 0. The lowest BCUT2D eigenvalue weighted by molar-refractivity contribution is -0.193. The fraction of sp³-hybridized carbons (Fsp3) is 0.615. The van der Waals surface area contributed by atoms with Crippen molar-refractivity contribution < 1.29 is 14.4 Å². The van der Waals surface area contributed by atoms with Crippen molar-refractivity contribution in [1.29, 1.82) is 0 Å². The van der Waals surface area contributed by atoms with Gasteiger partial charge in [0.25, 0.3) is 5.91 Å². The van der Waals surface area contributed by atoms with E-state index >= 15 is 0 Å². The van der Waals surface area contributed by atoms with Gasteiger partial charge in [0, 0.05) is 5.54 Å². The standard InChI is InChI=1S/C13H20N2O3/c1-12(2)8-10(13(3,4)15(12)17)14-11(16)9-6-5-7-18-9/h5-7,10,17H,8H2,1-4H3,(H,14,16)/t10-/m0/s1. The molecule has 0 saturated carbocycles. The first-order valence-corrected chi connectivity index (χ1v) is 6.09. The number of nitrogens with one attached hydrogen (secondary N) is 1. The lowest BCUT2D eigenvalue weighted by atomic mass is 9.94. The van der Waals surface area contributed by atoms with Crippen LogP contribution in [-0.4, -0.2) is 33.3 Å². The van der Waals surface area contributed by atoms with Crippen LogP contribution in [0.1, 0.15) is 44.7 Å². The largest absolute Gasteiger partial charge is 0.459 e. The molecular formula is C13H20N2O3. The van der Waals surface area contributed by atoms with Gasteiger partial charge in [-0.25, -0.2) is 0 Å². The maximum absolute atomic E-state index is 12.0. The summed E-state index contributed by atoms with van der Waals surface area (Å²) >= 11 is 0. The molecule has 1 aromatic rings. The number of carbonyl (C=O) groups excluding carboxylic acids is 1. The first-order valence-electron chi connectivity index (χ1n) is 6.09. The second kappa shape index (κ2) is 4.10. The zero-order valence-electron chi connectivity index (χ0n) is 11.2. The molecule has 1 fully saturated rings. The van der Waals surface area contributed by atoms with Gasteiger partial charge >= 0.3 is 0 Å². The lowest BCUT2D eigenvalue weighted by Gasteiger charge is -2.35. The SMILES string of the molecule is CC1(C)C[C@H](NC(=O)c2ccco2)C(C)(C)N1O. The van der Waals surface area contributed by atoms with Crippen molar-refractivity contribution in [2.75, 3.05) is 0 Å². The average molecular weight is 252 g/mol. The number of hydroxylamine groups is 2.